The van der Waals surface area contributed by atoms with E-state index < -0.39 is 5.97 Å². The van der Waals surface area contributed by atoms with Gasteiger partial charge < -0.3 is 10.1 Å². The van der Waals surface area contributed by atoms with Gasteiger partial charge in [0.1, 0.15) is 0 Å². The molecule has 23 heavy (non-hydrogen) atoms. The van der Waals surface area contributed by atoms with Crippen LogP contribution < -0.4 is 5.32 Å². The Morgan fingerprint density at radius 2 is 1.87 bits per heavy atom. The third-order valence-electron chi connectivity index (χ3n) is 3.58. The average Bonchev–Trinajstić information content (AvgIpc) is 2.55. The lowest BCUT2D eigenvalue weighted by molar-refractivity contribution is -0.146. The summed E-state index contributed by atoms with van der Waals surface area (Å²) < 4.78 is 5.04. The molecule has 0 spiro atoms. The summed E-state index contributed by atoms with van der Waals surface area (Å²) in [6.07, 6.45) is 1.07. The molecule has 0 saturated carbocycles. The van der Waals surface area contributed by atoms with Crippen molar-refractivity contribution >= 4 is 17.6 Å². The fourth-order valence-corrected chi connectivity index (χ4v) is 2.23. The normalized spacial score (nSPS) is 10.2. The molecule has 120 valence electrons. The minimum Gasteiger partial charge on any atom is -0.455 e. The first-order valence-corrected chi connectivity index (χ1v) is 7.67. The Hall–Kier alpha value is -2.62. The second kappa shape index (κ2) is 8.13. The molecule has 0 unspecified atom stereocenters. The van der Waals surface area contributed by atoms with Gasteiger partial charge in [0, 0.05) is 5.69 Å². The number of hydrogen-bond donors (Lipinski definition) is 1. The molecule has 4 heteroatoms. The topological polar surface area (TPSA) is 55.4 Å². The Morgan fingerprint density at radius 1 is 1.09 bits per heavy atom. The molecule has 0 aliphatic rings. The highest BCUT2D eigenvalue weighted by atomic mass is 16.5. The fourth-order valence-electron chi connectivity index (χ4n) is 2.23. The quantitative estimate of drug-likeness (QED) is 0.833. The first-order valence-electron chi connectivity index (χ1n) is 7.67. The summed E-state index contributed by atoms with van der Waals surface area (Å²) in [5.74, 6) is -0.742. The van der Waals surface area contributed by atoms with Crippen LogP contribution in [0.2, 0.25) is 0 Å². The second-order valence-corrected chi connectivity index (χ2v) is 5.37. The van der Waals surface area contributed by atoms with E-state index in [1.807, 2.05) is 62.4 Å². The minimum absolute atomic E-state index is 0.172. The summed E-state index contributed by atoms with van der Waals surface area (Å²) >= 11 is 0. The standard InChI is InChI=1S/C19H21NO3/c1-3-15-8-6-10-17(11-15)20-18(21)13-23-19(22)12-16-9-5-4-7-14(16)2/h4-11H,3,12-13H2,1-2H3,(H,20,21). The Bertz CT molecular complexity index is 695. The molecule has 0 aliphatic carbocycles. The van der Waals surface area contributed by atoms with Gasteiger partial charge in [-0.3, -0.25) is 9.59 Å². The fraction of sp³-hybridized carbons (Fsp3) is 0.263. The number of carbonyl (C=O) groups is 2. The van der Waals surface area contributed by atoms with Crippen LogP contribution in [0.15, 0.2) is 48.5 Å². The van der Waals surface area contributed by atoms with Gasteiger partial charge in [-0.15, -0.1) is 0 Å². The van der Waals surface area contributed by atoms with Crippen LogP contribution in [0.4, 0.5) is 5.69 Å². The van der Waals surface area contributed by atoms with Crippen molar-refractivity contribution in [1.82, 2.24) is 0 Å². The van der Waals surface area contributed by atoms with Crippen molar-refractivity contribution in [2.24, 2.45) is 0 Å². The molecule has 0 saturated heterocycles. The summed E-state index contributed by atoms with van der Waals surface area (Å²) in [6.45, 7) is 3.71. The number of aryl methyl sites for hydroxylation is 2. The zero-order valence-corrected chi connectivity index (χ0v) is 13.5. The van der Waals surface area contributed by atoms with E-state index in [0.29, 0.717) is 5.69 Å². The zero-order chi connectivity index (χ0) is 16.7. The number of amides is 1. The zero-order valence-electron chi connectivity index (χ0n) is 13.5. The van der Waals surface area contributed by atoms with Gasteiger partial charge in [0.2, 0.25) is 0 Å². The van der Waals surface area contributed by atoms with Crippen LogP contribution in [-0.4, -0.2) is 18.5 Å². The van der Waals surface area contributed by atoms with Crippen LogP contribution in [0.1, 0.15) is 23.6 Å². The Morgan fingerprint density at radius 3 is 2.61 bits per heavy atom. The molecule has 2 aromatic carbocycles. The number of carbonyl (C=O) groups excluding carboxylic acids is 2. The SMILES string of the molecule is CCc1cccc(NC(=O)COC(=O)Cc2ccccc2C)c1. The number of anilines is 1. The van der Waals surface area contributed by atoms with Gasteiger partial charge >= 0.3 is 5.97 Å². The molecular formula is C19H21NO3. The summed E-state index contributed by atoms with van der Waals surface area (Å²) in [5.41, 5.74) is 3.79. The lowest BCUT2D eigenvalue weighted by Gasteiger charge is -2.08. The van der Waals surface area contributed by atoms with Crippen molar-refractivity contribution < 1.29 is 14.3 Å². The van der Waals surface area contributed by atoms with Gasteiger partial charge in [-0.2, -0.15) is 0 Å². The smallest absolute Gasteiger partial charge is 0.310 e. The van der Waals surface area contributed by atoms with Crippen LogP contribution in [0.5, 0.6) is 0 Å². The maximum atomic E-state index is 11.8. The van der Waals surface area contributed by atoms with Crippen LogP contribution in [-0.2, 0) is 27.2 Å². The third-order valence-corrected chi connectivity index (χ3v) is 3.58. The molecule has 0 aromatic heterocycles. The van der Waals surface area contributed by atoms with E-state index in [1.54, 1.807) is 0 Å². The summed E-state index contributed by atoms with van der Waals surface area (Å²) in [4.78, 5) is 23.7. The van der Waals surface area contributed by atoms with E-state index >= 15 is 0 Å². The minimum atomic E-state index is -0.406. The molecule has 0 bridgehead atoms. The van der Waals surface area contributed by atoms with Crippen LogP contribution in [0.25, 0.3) is 0 Å². The van der Waals surface area contributed by atoms with Gasteiger partial charge in [0.05, 0.1) is 6.42 Å². The van der Waals surface area contributed by atoms with Crippen LogP contribution in [0.3, 0.4) is 0 Å². The predicted octanol–water partition coefficient (Wildman–Crippen LogP) is 3.28. The summed E-state index contributed by atoms with van der Waals surface area (Å²) in [6, 6.07) is 15.2. The molecular weight excluding hydrogens is 290 g/mol. The van der Waals surface area contributed by atoms with Crippen molar-refractivity contribution in [2.75, 3.05) is 11.9 Å². The van der Waals surface area contributed by atoms with Gasteiger partial charge in [-0.25, -0.2) is 0 Å². The molecule has 0 fully saturated rings. The Labute approximate surface area is 136 Å². The van der Waals surface area contributed by atoms with E-state index in [1.165, 1.54) is 0 Å². The van der Waals surface area contributed by atoms with Crippen LogP contribution >= 0.6 is 0 Å². The Kier molecular flexibility index (Phi) is 5.92. The van der Waals surface area contributed by atoms with Crippen molar-refractivity contribution in [3.8, 4) is 0 Å². The first kappa shape index (κ1) is 16.7. The molecule has 4 nitrogen and oxygen atoms in total. The molecule has 1 N–H and O–H groups in total. The van der Waals surface area contributed by atoms with Crippen molar-refractivity contribution in [3.63, 3.8) is 0 Å². The predicted molar refractivity (Wildman–Crippen MR) is 90.3 cm³/mol. The number of ether oxygens (including phenoxy) is 1. The summed E-state index contributed by atoms with van der Waals surface area (Å²) in [7, 11) is 0. The number of rotatable bonds is 6. The van der Waals surface area contributed by atoms with E-state index in [-0.39, 0.29) is 18.9 Å². The maximum Gasteiger partial charge on any atom is 0.310 e. The first-order chi connectivity index (χ1) is 11.1. The second-order valence-electron chi connectivity index (χ2n) is 5.37. The lowest BCUT2D eigenvalue weighted by atomic mass is 10.1. The Balaban J connectivity index is 1.82. The van der Waals surface area contributed by atoms with E-state index in [9.17, 15) is 9.59 Å². The highest BCUT2D eigenvalue weighted by Gasteiger charge is 2.10. The van der Waals surface area contributed by atoms with E-state index in [0.717, 1.165) is 23.1 Å². The third kappa shape index (κ3) is 5.25. The molecule has 0 radical (unpaired) electrons. The number of hydrogen-bond acceptors (Lipinski definition) is 3. The van der Waals surface area contributed by atoms with Crippen molar-refractivity contribution in [2.45, 2.75) is 26.7 Å². The van der Waals surface area contributed by atoms with Gasteiger partial charge in [0.25, 0.3) is 5.91 Å². The molecule has 2 rings (SSSR count). The van der Waals surface area contributed by atoms with Gasteiger partial charge in [-0.1, -0.05) is 43.3 Å². The number of benzene rings is 2. The van der Waals surface area contributed by atoms with Crippen LogP contribution in [0, 0.1) is 6.92 Å². The number of esters is 1. The molecule has 1 amide bonds. The highest BCUT2D eigenvalue weighted by molar-refractivity contribution is 5.93. The van der Waals surface area contributed by atoms with Crippen molar-refractivity contribution in [3.05, 3.63) is 65.2 Å². The lowest BCUT2D eigenvalue weighted by Crippen LogP contribution is -2.21. The number of nitrogens with one attached hydrogen (secondary N) is 1. The molecule has 0 aliphatic heterocycles. The van der Waals surface area contributed by atoms with Gasteiger partial charge in [0.15, 0.2) is 6.61 Å². The largest absolute Gasteiger partial charge is 0.455 e. The summed E-state index contributed by atoms with van der Waals surface area (Å²) in [5, 5.41) is 2.73. The van der Waals surface area contributed by atoms with E-state index in [4.69, 9.17) is 4.74 Å². The maximum absolute atomic E-state index is 11.8. The highest BCUT2D eigenvalue weighted by Crippen LogP contribution is 2.11. The monoisotopic (exact) mass is 311 g/mol. The molecule has 0 heterocycles. The average molecular weight is 311 g/mol. The molecule has 2 aromatic rings. The molecule has 0 atom stereocenters. The van der Waals surface area contributed by atoms with E-state index in [2.05, 4.69) is 5.32 Å². The van der Waals surface area contributed by atoms with Gasteiger partial charge in [-0.05, 0) is 42.2 Å². The van der Waals surface area contributed by atoms with Crippen molar-refractivity contribution in [1.29, 1.82) is 0 Å².